The van der Waals surface area contributed by atoms with Crippen molar-refractivity contribution in [2.75, 3.05) is 0 Å². The van der Waals surface area contributed by atoms with E-state index in [0.717, 1.165) is 16.7 Å². The highest BCUT2D eigenvalue weighted by atomic mass is 16.5. The number of carbonyl (C=O) groups is 1. The van der Waals surface area contributed by atoms with Gasteiger partial charge in [0, 0.05) is 16.5 Å². The summed E-state index contributed by atoms with van der Waals surface area (Å²) < 4.78 is 7.73. The fraction of sp³-hybridized carbons (Fsp3) is 0. The minimum atomic E-state index is -0.356. The number of carbonyl (C=O) groups excluding carboxylic acids is 1. The Bertz CT molecular complexity index is 1230. The number of para-hydroxylation sites is 2. The Balaban J connectivity index is 1.53. The van der Waals surface area contributed by atoms with Crippen molar-refractivity contribution < 1.29 is 9.53 Å². The van der Waals surface area contributed by atoms with Crippen LogP contribution in [0.5, 0.6) is 5.75 Å². The van der Waals surface area contributed by atoms with E-state index in [0.29, 0.717) is 11.3 Å². The van der Waals surface area contributed by atoms with E-state index in [1.165, 1.54) is 10.8 Å². The van der Waals surface area contributed by atoms with Crippen LogP contribution in [-0.2, 0) is 0 Å². The van der Waals surface area contributed by atoms with E-state index in [-0.39, 0.29) is 5.97 Å². The van der Waals surface area contributed by atoms with Gasteiger partial charge < -0.3 is 9.30 Å². The predicted molar refractivity (Wildman–Crippen MR) is 112 cm³/mol. The topological polar surface area (TPSA) is 31.2 Å². The van der Waals surface area contributed by atoms with E-state index in [1.807, 2.05) is 54.6 Å². The molecule has 0 amide bonds. The Morgan fingerprint density at radius 2 is 1.14 bits per heavy atom. The summed E-state index contributed by atoms with van der Waals surface area (Å²) in [6, 6.07) is 33.4. The molecule has 28 heavy (non-hydrogen) atoms. The molecule has 134 valence electrons. The molecule has 1 heterocycles. The van der Waals surface area contributed by atoms with Crippen molar-refractivity contribution in [2.24, 2.45) is 0 Å². The number of rotatable bonds is 3. The molecular weight excluding hydrogens is 346 g/mol. The second-order valence-electron chi connectivity index (χ2n) is 6.62. The third kappa shape index (κ3) is 2.74. The molecule has 0 atom stereocenters. The molecular formula is C25H17NO2. The van der Waals surface area contributed by atoms with Gasteiger partial charge in [-0.05, 0) is 48.5 Å². The monoisotopic (exact) mass is 363 g/mol. The molecule has 5 aromatic rings. The normalized spacial score (nSPS) is 11.0. The molecule has 1 aromatic heterocycles. The minimum Gasteiger partial charge on any atom is -0.423 e. The predicted octanol–water partition coefficient (Wildman–Crippen LogP) is 6.00. The first-order valence-electron chi connectivity index (χ1n) is 9.17. The second kappa shape index (κ2) is 6.71. The number of ether oxygens (including phenoxy) is 1. The van der Waals surface area contributed by atoms with Gasteiger partial charge in [0.25, 0.3) is 0 Å². The number of hydrogen-bond donors (Lipinski definition) is 0. The van der Waals surface area contributed by atoms with Gasteiger partial charge >= 0.3 is 5.97 Å². The molecule has 0 radical (unpaired) electrons. The molecule has 0 aliphatic heterocycles. The molecule has 3 nitrogen and oxygen atoms in total. The van der Waals surface area contributed by atoms with Gasteiger partial charge in [-0.2, -0.15) is 0 Å². The number of esters is 1. The van der Waals surface area contributed by atoms with Crippen molar-refractivity contribution in [3.63, 3.8) is 0 Å². The Morgan fingerprint density at radius 1 is 0.607 bits per heavy atom. The van der Waals surface area contributed by atoms with Crippen LogP contribution < -0.4 is 4.74 Å². The fourth-order valence-corrected chi connectivity index (χ4v) is 3.60. The Morgan fingerprint density at radius 3 is 1.75 bits per heavy atom. The van der Waals surface area contributed by atoms with Gasteiger partial charge in [0.05, 0.1) is 16.6 Å². The van der Waals surface area contributed by atoms with Gasteiger partial charge in [-0.3, -0.25) is 0 Å². The van der Waals surface area contributed by atoms with E-state index in [4.69, 9.17) is 4.74 Å². The Kier molecular flexibility index (Phi) is 3.91. The first-order chi connectivity index (χ1) is 13.8. The van der Waals surface area contributed by atoms with Crippen molar-refractivity contribution in [2.45, 2.75) is 0 Å². The minimum absolute atomic E-state index is 0.356. The van der Waals surface area contributed by atoms with Crippen LogP contribution in [0.25, 0.3) is 27.5 Å². The molecule has 0 saturated carbocycles. The average Bonchev–Trinajstić information content (AvgIpc) is 3.09. The van der Waals surface area contributed by atoms with Crippen LogP contribution in [0, 0.1) is 0 Å². The van der Waals surface area contributed by atoms with E-state index in [2.05, 4.69) is 41.0 Å². The van der Waals surface area contributed by atoms with Gasteiger partial charge in [0.15, 0.2) is 0 Å². The molecule has 3 heteroatoms. The quantitative estimate of drug-likeness (QED) is 0.291. The van der Waals surface area contributed by atoms with E-state index < -0.39 is 0 Å². The van der Waals surface area contributed by atoms with Crippen molar-refractivity contribution in [1.82, 2.24) is 4.57 Å². The summed E-state index contributed by atoms with van der Waals surface area (Å²) in [6.07, 6.45) is 0. The maximum Gasteiger partial charge on any atom is 0.343 e. The maximum atomic E-state index is 12.2. The summed E-state index contributed by atoms with van der Waals surface area (Å²) >= 11 is 0. The highest BCUT2D eigenvalue weighted by Crippen LogP contribution is 2.32. The molecule has 0 bridgehead atoms. The summed E-state index contributed by atoms with van der Waals surface area (Å²) in [7, 11) is 0. The molecule has 5 rings (SSSR count). The summed E-state index contributed by atoms with van der Waals surface area (Å²) in [5.74, 6) is 0.170. The summed E-state index contributed by atoms with van der Waals surface area (Å²) in [6.45, 7) is 0. The van der Waals surface area contributed by atoms with Crippen LogP contribution in [-0.4, -0.2) is 10.5 Å². The highest BCUT2D eigenvalue weighted by Gasteiger charge is 2.12. The smallest absolute Gasteiger partial charge is 0.343 e. The van der Waals surface area contributed by atoms with Gasteiger partial charge in [-0.1, -0.05) is 54.6 Å². The zero-order chi connectivity index (χ0) is 18.9. The second-order valence-corrected chi connectivity index (χ2v) is 6.62. The van der Waals surface area contributed by atoms with Crippen molar-refractivity contribution in [1.29, 1.82) is 0 Å². The van der Waals surface area contributed by atoms with Crippen molar-refractivity contribution >= 4 is 27.8 Å². The lowest BCUT2D eigenvalue weighted by Crippen LogP contribution is -2.08. The lowest BCUT2D eigenvalue weighted by atomic mass is 10.2. The van der Waals surface area contributed by atoms with Crippen LogP contribution in [0.2, 0.25) is 0 Å². The standard InChI is InChI=1S/C25H17NO2/c27-25(18-8-2-1-3-9-18)28-20-16-14-19(15-17-20)26-23-12-6-4-10-21(23)22-11-5-7-13-24(22)26/h1-17H. The molecule has 0 N–H and O–H groups in total. The molecule has 0 spiro atoms. The largest absolute Gasteiger partial charge is 0.423 e. The summed E-state index contributed by atoms with van der Waals surface area (Å²) in [4.78, 5) is 12.2. The molecule has 4 aromatic carbocycles. The van der Waals surface area contributed by atoms with Crippen molar-refractivity contribution in [3.05, 3.63) is 109 Å². The van der Waals surface area contributed by atoms with Gasteiger partial charge in [-0.15, -0.1) is 0 Å². The van der Waals surface area contributed by atoms with Gasteiger partial charge in [0.2, 0.25) is 0 Å². The number of fused-ring (bicyclic) bond motifs is 3. The van der Waals surface area contributed by atoms with Crippen molar-refractivity contribution in [3.8, 4) is 11.4 Å². The Hall–Kier alpha value is -3.85. The maximum absolute atomic E-state index is 12.2. The molecule has 0 aliphatic carbocycles. The van der Waals surface area contributed by atoms with E-state index >= 15 is 0 Å². The van der Waals surface area contributed by atoms with Crippen LogP contribution in [0.15, 0.2) is 103 Å². The zero-order valence-corrected chi connectivity index (χ0v) is 15.1. The number of benzene rings is 4. The highest BCUT2D eigenvalue weighted by molar-refractivity contribution is 6.09. The molecule has 0 fully saturated rings. The van der Waals surface area contributed by atoms with Crippen LogP contribution in [0.1, 0.15) is 10.4 Å². The van der Waals surface area contributed by atoms with E-state index in [9.17, 15) is 4.79 Å². The first-order valence-corrected chi connectivity index (χ1v) is 9.17. The third-order valence-corrected chi connectivity index (χ3v) is 4.90. The lowest BCUT2D eigenvalue weighted by molar-refractivity contribution is 0.0735. The fourth-order valence-electron chi connectivity index (χ4n) is 3.60. The molecule has 0 aliphatic rings. The Labute approximate surface area is 162 Å². The zero-order valence-electron chi connectivity index (χ0n) is 15.1. The number of hydrogen-bond acceptors (Lipinski definition) is 2. The summed E-state index contributed by atoms with van der Waals surface area (Å²) in [5, 5.41) is 2.44. The first kappa shape index (κ1) is 16.3. The number of aromatic nitrogens is 1. The van der Waals surface area contributed by atoms with Crippen LogP contribution >= 0.6 is 0 Å². The SMILES string of the molecule is O=C(Oc1ccc(-n2c3ccccc3c3ccccc32)cc1)c1ccccc1. The van der Waals surface area contributed by atoms with Gasteiger partial charge in [0.1, 0.15) is 5.75 Å². The summed E-state index contributed by atoms with van der Waals surface area (Å²) in [5.41, 5.74) is 3.86. The third-order valence-electron chi connectivity index (χ3n) is 4.90. The molecule has 0 saturated heterocycles. The average molecular weight is 363 g/mol. The van der Waals surface area contributed by atoms with E-state index in [1.54, 1.807) is 12.1 Å². The lowest BCUT2D eigenvalue weighted by Gasteiger charge is -2.09. The van der Waals surface area contributed by atoms with Gasteiger partial charge in [-0.25, -0.2) is 4.79 Å². The molecule has 0 unspecified atom stereocenters. The number of nitrogens with zero attached hydrogens (tertiary/aromatic N) is 1. The van der Waals surface area contributed by atoms with Crippen LogP contribution in [0.4, 0.5) is 0 Å². The van der Waals surface area contributed by atoms with Crippen LogP contribution in [0.3, 0.4) is 0 Å².